The summed E-state index contributed by atoms with van der Waals surface area (Å²) in [6, 6.07) is 5.27. The molecular weight excluding hydrogens is 294 g/mol. The average Bonchev–Trinajstić information content (AvgIpc) is 2.69. The van der Waals surface area contributed by atoms with Crippen molar-refractivity contribution >= 4 is 17.4 Å². The minimum atomic E-state index is -0.0875. The van der Waals surface area contributed by atoms with Crippen LogP contribution in [-0.2, 0) is 4.79 Å². The van der Waals surface area contributed by atoms with Crippen molar-refractivity contribution in [3.05, 3.63) is 23.8 Å². The maximum atomic E-state index is 12.6. The summed E-state index contributed by atoms with van der Waals surface area (Å²) in [5.74, 6) is 0.578. The summed E-state index contributed by atoms with van der Waals surface area (Å²) in [5, 5.41) is 2.95. The summed E-state index contributed by atoms with van der Waals surface area (Å²) >= 11 is 0. The summed E-state index contributed by atoms with van der Waals surface area (Å²) in [4.78, 5) is 28.9. The highest BCUT2D eigenvalue weighted by Crippen LogP contribution is 2.27. The Kier molecular flexibility index (Phi) is 4.63. The maximum Gasteiger partial charge on any atom is 0.230 e. The van der Waals surface area contributed by atoms with Gasteiger partial charge in [0.05, 0.1) is 18.1 Å². The fourth-order valence-electron chi connectivity index (χ4n) is 3.08. The van der Waals surface area contributed by atoms with Gasteiger partial charge in [-0.05, 0) is 32.3 Å². The van der Waals surface area contributed by atoms with E-state index in [9.17, 15) is 9.59 Å². The molecule has 1 saturated heterocycles. The van der Waals surface area contributed by atoms with Crippen molar-refractivity contribution in [1.29, 1.82) is 0 Å². The van der Waals surface area contributed by atoms with Gasteiger partial charge in [-0.15, -0.1) is 0 Å². The van der Waals surface area contributed by atoms with Crippen molar-refractivity contribution < 1.29 is 14.3 Å². The van der Waals surface area contributed by atoms with Crippen LogP contribution >= 0.6 is 0 Å². The van der Waals surface area contributed by atoms with Crippen molar-refractivity contribution in [3.63, 3.8) is 0 Å². The molecule has 0 unspecified atom stereocenters. The van der Waals surface area contributed by atoms with E-state index in [-0.39, 0.29) is 17.6 Å². The lowest BCUT2D eigenvalue weighted by Gasteiger charge is -2.21. The summed E-state index contributed by atoms with van der Waals surface area (Å²) < 4.78 is 5.47. The maximum absolute atomic E-state index is 12.6. The standard InChI is InChI=1S/C17H23N3O3/c1-19-6-7-20(2)11-12(10-19)17(22)18-13-3-4-16-14(9-13)15(21)5-8-23-16/h3-4,9,12H,5-8,10-11H2,1-2H3,(H,18,22). The predicted octanol–water partition coefficient (Wildman–Crippen LogP) is 1.08. The number of hydrogen-bond acceptors (Lipinski definition) is 5. The number of likely N-dealkylation sites (N-methyl/N-ethyl adjacent to an activating group) is 2. The number of ketones is 1. The minimum absolute atomic E-state index is 0.00488. The highest BCUT2D eigenvalue weighted by atomic mass is 16.5. The monoisotopic (exact) mass is 317 g/mol. The molecule has 1 amide bonds. The van der Waals surface area contributed by atoms with Gasteiger partial charge < -0.3 is 19.9 Å². The third-order valence-electron chi connectivity index (χ3n) is 4.43. The molecule has 124 valence electrons. The number of Topliss-reactive ketones (excluding diaryl/α,β-unsaturated/α-hetero) is 1. The summed E-state index contributed by atoms with van der Waals surface area (Å²) in [5.41, 5.74) is 1.21. The van der Waals surface area contributed by atoms with Gasteiger partial charge in [0.25, 0.3) is 0 Å². The zero-order chi connectivity index (χ0) is 16.4. The van der Waals surface area contributed by atoms with Gasteiger partial charge in [-0.1, -0.05) is 0 Å². The fourth-order valence-corrected chi connectivity index (χ4v) is 3.08. The normalized spacial score (nSPS) is 20.5. The smallest absolute Gasteiger partial charge is 0.230 e. The molecular formula is C17H23N3O3. The van der Waals surface area contributed by atoms with Crippen molar-refractivity contribution in [1.82, 2.24) is 9.80 Å². The number of carbonyl (C=O) groups is 2. The van der Waals surface area contributed by atoms with Gasteiger partial charge in [0.15, 0.2) is 5.78 Å². The highest BCUT2D eigenvalue weighted by Gasteiger charge is 2.26. The highest BCUT2D eigenvalue weighted by molar-refractivity contribution is 6.01. The molecule has 0 atom stereocenters. The Bertz CT molecular complexity index is 605. The molecule has 2 heterocycles. The summed E-state index contributed by atoms with van der Waals surface area (Å²) in [7, 11) is 4.07. The number of nitrogens with zero attached hydrogens (tertiary/aromatic N) is 2. The van der Waals surface area contributed by atoms with Gasteiger partial charge in [0.2, 0.25) is 5.91 Å². The molecule has 1 fully saturated rings. The van der Waals surface area contributed by atoms with Crippen molar-refractivity contribution in [2.45, 2.75) is 6.42 Å². The lowest BCUT2D eigenvalue weighted by molar-refractivity contribution is -0.120. The van der Waals surface area contributed by atoms with Crippen LogP contribution in [0.2, 0.25) is 0 Å². The van der Waals surface area contributed by atoms with Crippen molar-refractivity contribution in [2.75, 3.05) is 52.2 Å². The van der Waals surface area contributed by atoms with Gasteiger partial charge >= 0.3 is 0 Å². The van der Waals surface area contributed by atoms with Crippen LogP contribution in [0.5, 0.6) is 5.75 Å². The largest absolute Gasteiger partial charge is 0.492 e. The van der Waals surface area contributed by atoms with Crippen LogP contribution in [0, 0.1) is 5.92 Å². The Morgan fingerprint density at radius 3 is 2.61 bits per heavy atom. The fraction of sp³-hybridized carbons (Fsp3) is 0.529. The van der Waals surface area contributed by atoms with Gasteiger partial charge in [0, 0.05) is 38.3 Å². The summed E-state index contributed by atoms with van der Waals surface area (Å²) in [6.45, 7) is 3.83. The van der Waals surface area contributed by atoms with E-state index in [2.05, 4.69) is 15.1 Å². The van der Waals surface area contributed by atoms with E-state index >= 15 is 0 Å². The second-order valence-corrected chi connectivity index (χ2v) is 6.44. The molecule has 2 aliphatic heterocycles. The quantitative estimate of drug-likeness (QED) is 0.884. The van der Waals surface area contributed by atoms with Crippen LogP contribution in [0.25, 0.3) is 0 Å². The first-order valence-corrected chi connectivity index (χ1v) is 8.01. The Morgan fingerprint density at radius 2 is 1.91 bits per heavy atom. The van der Waals surface area contributed by atoms with Gasteiger partial charge in [-0.2, -0.15) is 0 Å². The van der Waals surface area contributed by atoms with Crippen LogP contribution in [-0.4, -0.2) is 68.4 Å². The number of anilines is 1. The SMILES string of the molecule is CN1CCN(C)CC(C(=O)Nc2ccc3c(c2)C(=O)CCO3)C1. The number of hydrogen-bond donors (Lipinski definition) is 1. The number of fused-ring (bicyclic) bond motifs is 1. The molecule has 1 aromatic rings. The Labute approximate surface area is 136 Å². The van der Waals surface area contributed by atoms with E-state index in [0.29, 0.717) is 30.0 Å². The van der Waals surface area contributed by atoms with Gasteiger partial charge in [-0.25, -0.2) is 0 Å². The predicted molar refractivity (Wildman–Crippen MR) is 88.0 cm³/mol. The number of rotatable bonds is 2. The van der Waals surface area contributed by atoms with E-state index in [4.69, 9.17) is 4.74 Å². The second kappa shape index (κ2) is 6.68. The molecule has 2 aliphatic rings. The minimum Gasteiger partial charge on any atom is -0.492 e. The molecule has 6 heteroatoms. The molecule has 3 rings (SSSR count). The Morgan fingerprint density at radius 1 is 1.22 bits per heavy atom. The van der Waals surface area contributed by atoms with Crippen LogP contribution in [0.1, 0.15) is 16.8 Å². The van der Waals surface area contributed by atoms with Crippen molar-refractivity contribution in [2.24, 2.45) is 5.92 Å². The molecule has 0 radical (unpaired) electrons. The second-order valence-electron chi connectivity index (χ2n) is 6.44. The van der Waals surface area contributed by atoms with Crippen molar-refractivity contribution in [3.8, 4) is 5.75 Å². The van der Waals surface area contributed by atoms with Crippen LogP contribution < -0.4 is 10.1 Å². The molecule has 6 nitrogen and oxygen atoms in total. The lowest BCUT2D eigenvalue weighted by Crippen LogP contribution is -2.36. The molecule has 0 aliphatic carbocycles. The van der Waals surface area contributed by atoms with Crippen LogP contribution in [0.15, 0.2) is 18.2 Å². The molecule has 0 spiro atoms. The van der Waals surface area contributed by atoms with Gasteiger partial charge in [0.1, 0.15) is 5.75 Å². The van der Waals surface area contributed by atoms with E-state index in [1.807, 2.05) is 14.1 Å². The van der Waals surface area contributed by atoms with Gasteiger partial charge in [-0.3, -0.25) is 9.59 Å². The number of benzene rings is 1. The zero-order valence-corrected chi connectivity index (χ0v) is 13.7. The number of amides is 1. The Balaban J connectivity index is 1.72. The number of carbonyl (C=O) groups excluding carboxylic acids is 2. The zero-order valence-electron chi connectivity index (χ0n) is 13.7. The lowest BCUT2D eigenvalue weighted by atomic mass is 10.0. The van der Waals surface area contributed by atoms with E-state index in [1.165, 1.54) is 0 Å². The Hall–Kier alpha value is -1.92. The molecule has 0 saturated carbocycles. The molecule has 0 aromatic heterocycles. The summed E-state index contributed by atoms with van der Waals surface area (Å²) in [6.07, 6.45) is 0.391. The van der Waals surface area contributed by atoms with E-state index in [1.54, 1.807) is 18.2 Å². The molecule has 0 bridgehead atoms. The molecule has 1 aromatic carbocycles. The molecule has 1 N–H and O–H groups in total. The first-order chi connectivity index (χ1) is 11.0. The first kappa shape index (κ1) is 16.0. The molecule has 23 heavy (non-hydrogen) atoms. The van der Waals surface area contributed by atoms with Crippen LogP contribution in [0.4, 0.5) is 5.69 Å². The number of nitrogens with one attached hydrogen (secondary N) is 1. The third-order valence-corrected chi connectivity index (χ3v) is 4.43. The van der Waals surface area contributed by atoms with E-state index in [0.717, 1.165) is 26.2 Å². The van der Waals surface area contributed by atoms with E-state index < -0.39 is 0 Å². The average molecular weight is 317 g/mol. The first-order valence-electron chi connectivity index (χ1n) is 8.01. The topological polar surface area (TPSA) is 61.9 Å². The van der Waals surface area contributed by atoms with Crippen LogP contribution in [0.3, 0.4) is 0 Å². The third kappa shape index (κ3) is 3.71. The number of ether oxygens (including phenoxy) is 1.